The lowest BCUT2D eigenvalue weighted by atomic mass is 9.89. The molecule has 3 aliphatic heterocycles. The number of nitrogens with zero attached hydrogens (tertiary/aromatic N) is 3. The summed E-state index contributed by atoms with van der Waals surface area (Å²) in [4.78, 5) is 18.7. The standard InChI is InChI=1S/C28H39N5O10S2/c1-19-16-32(3)25-12-24(15-30-26(25)42-19)45(38,39)33-9-7-28(8-10-33)13-22(18-41-28)43-27(35)31-14-20(34)17-40-21-5-4-6-23(11-21)44(36,37)29-2/h4-6,11-12,15,19-20,22,29,34H,7-10,13-14,16-18H2,1-3H3,(H,31,35)/t19-,20?,22-/m1/s1. The molecule has 248 valence electrons. The van der Waals surface area contributed by atoms with Crippen LogP contribution >= 0.6 is 0 Å². The summed E-state index contributed by atoms with van der Waals surface area (Å²) in [5, 5.41) is 12.7. The second kappa shape index (κ2) is 13.3. The highest BCUT2D eigenvalue weighted by Crippen LogP contribution is 2.39. The van der Waals surface area contributed by atoms with Crippen LogP contribution in [0.2, 0.25) is 0 Å². The van der Waals surface area contributed by atoms with Gasteiger partial charge in [0.25, 0.3) is 0 Å². The molecule has 1 aromatic heterocycles. The van der Waals surface area contributed by atoms with Crippen molar-refractivity contribution in [1.29, 1.82) is 0 Å². The molecule has 1 unspecified atom stereocenters. The van der Waals surface area contributed by atoms with E-state index in [9.17, 15) is 26.7 Å². The molecule has 15 nitrogen and oxygen atoms in total. The predicted octanol–water partition coefficient (Wildman–Crippen LogP) is 0.685. The predicted molar refractivity (Wildman–Crippen MR) is 161 cm³/mol. The number of sulfonamides is 2. The number of aliphatic hydroxyl groups excluding tert-OH is 1. The highest BCUT2D eigenvalue weighted by atomic mass is 32.2. The van der Waals surface area contributed by atoms with Crippen LogP contribution in [0, 0.1) is 0 Å². The van der Waals surface area contributed by atoms with Crippen molar-refractivity contribution >= 4 is 31.8 Å². The third kappa shape index (κ3) is 7.61. The molecule has 2 aromatic rings. The molecule has 3 N–H and O–H groups in total. The monoisotopic (exact) mass is 669 g/mol. The lowest BCUT2D eigenvalue weighted by Gasteiger charge is -2.38. The van der Waals surface area contributed by atoms with E-state index in [0.29, 0.717) is 37.4 Å². The number of carbonyl (C=O) groups excluding carboxylic acids is 1. The van der Waals surface area contributed by atoms with E-state index in [0.717, 1.165) is 0 Å². The van der Waals surface area contributed by atoms with Gasteiger partial charge in [-0.2, -0.15) is 4.31 Å². The van der Waals surface area contributed by atoms with E-state index in [1.165, 1.54) is 35.7 Å². The quantitative estimate of drug-likeness (QED) is 0.322. The summed E-state index contributed by atoms with van der Waals surface area (Å²) in [6.45, 7) is 2.88. The number of carbonyl (C=O) groups is 1. The Labute approximate surface area is 262 Å². The van der Waals surface area contributed by atoms with Crippen molar-refractivity contribution in [2.45, 2.75) is 59.9 Å². The fourth-order valence-corrected chi connectivity index (χ4v) is 7.82. The number of anilines is 1. The topological polar surface area (TPSA) is 186 Å². The largest absolute Gasteiger partial charge is 0.491 e. The summed E-state index contributed by atoms with van der Waals surface area (Å²) in [6, 6.07) is 7.41. The molecular weight excluding hydrogens is 630 g/mol. The van der Waals surface area contributed by atoms with Gasteiger partial charge in [-0.3, -0.25) is 0 Å². The molecule has 1 spiro atoms. The molecule has 2 saturated heterocycles. The number of nitrogens with one attached hydrogen (secondary N) is 2. The Bertz CT molecular complexity index is 1600. The third-order valence-electron chi connectivity index (χ3n) is 8.09. The number of ether oxygens (including phenoxy) is 4. The number of pyridine rings is 1. The molecule has 5 rings (SSSR count). The molecule has 17 heteroatoms. The highest BCUT2D eigenvalue weighted by molar-refractivity contribution is 7.89. The third-order valence-corrected chi connectivity index (χ3v) is 11.4. The van der Waals surface area contributed by atoms with Crippen LogP contribution in [0.1, 0.15) is 26.2 Å². The number of amides is 1. The zero-order chi connectivity index (χ0) is 32.4. The van der Waals surface area contributed by atoms with Gasteiger partial charge in [0.05, 0.1) is 36.4 Å². The first-order valence-electron chi connectivity index (χ1n) is 14.6. The molecule has 0 bridgehead atoms. The molecule has 2 fully saturated rings. The zero-order valence-corrected chi connectivity index (χ0v) is 27.0. The van der Waals surface area contributed by atoms with E-state index in [4.69, 9.17) is 18.9 Å². The van der Waals surface area contributed by atoms with E-state index >= 15 is 0 Å². The molecule has 0 saturated carbocycles. The molecule has 1 aromatic carbocycles. The van der Waals surface area contributed by atoms with Crippen molar-refractivity contribution in [2.24, 2.45) is 0 Å². The fraction of sp³-hybridized carbons (Fsp3) is 0.571. The van der Waals surface area contributed by atoms with Crippen molar-refractivity contribution in [1.82, 2.24) is 19.3 Å². The van der Waals surface area contributed by atoms with Crippen molar-refractivity contribution in [2.75, 3.05) is 58.4 Å². The average Bonchev–Trinajstić information content (AvgIpc) is 3.40. The van der Waals surface area contributed by atoms with Gasteiger partial charge in [-0.1, -0.05) is 6.07 Å². The SMILES string of the molecule is CNS(=O)(=O)c1cccc(OCC(O)CNC(=O)O[C@H]2COC3(CCN(S(=O)(=O)c4cnc5c(c4)N(C)C[C@@H](C)O5)CC3)C2)c1. The first-order chi connectivity index (χ1) is 21.3. The molecule has 4 heterocycles. The van der Waals surface area contributed by atoms with Crippen LogP contribution in [-0.2, 0) is 29.5 Å². The van der Waals surface area contributed by atoms with Crippen LogP contribution in [0.3, 0.4) is 0 Å². The maximum atomic E-state index is 13.4. The van der Waals surface area contributed by atoms with Gasteiger partial charge in [-0.25, -0.2) is 31.3 Å². The number of aliphatic hydroxyl groups is 1. The first-order valence-corrected chi connectivity index (χ1v) is 17.5. The molecule has 0 aliphatic carbocycles. The van der Waals surface area contributed by atoms with Crippen LogP contribution in [0.5, 0.6) is 11.6 Å². The summed E-state index contributed by atoms with van der Waals surface area (Å²) in [5.41, 5.74) is 0.0328. The second-order valence-electron chi connectivity index (χ2n) is 11.5. The maximum absolute atomic E-state index is 13.4. The number of alkyl carbamates (subject to hydrolysis) is 1. The van der Waals surface area contributed by atoms with E-state index in [2.05, 4.69) is 15.0 Å². The fourth-order valence-electron chi connectivity index (χ4n) is 5.64. The molecular formula is C28H39N5O10S2. The number of benzene rings is 1. The number of aromatic nitrogens is 1. The van der Waals surface area contributed by atoms with Gasteiger partial charge in [0.2, 0.25) is 25.9 Å². The van der Waals surface area contributed by atoms with Gasteiger partial charge in [-0.05, 0) is 45.0 Å². The molecule has 45 heavy (non-hydrogen) atoms. The van der Waals surface area contributed by atoms with Crippen molar-refractivity contribution in [3.8, 4) is 11.6 Å². The molecule has 0 radical (unpaired) electrons. The van der Waals surface area contributed by atoms with Crippen molar-refractivity contribution < 1.29 is 45.7 Å². The van der Waals surface area contributed by atoms with Gasteiger partial charge >= 0.3 is 6.09 Å². The summed E-state index contributed by atoms with van der Waals surface area (Å²) >= 11 is 0. The Morgan fingerprint density at radius 2 is 1.96 bits per heavy atom. The normalized spacial score (nSPS) is 22.4. The zero-order valence-electron chi connectivity index (χ0n) is 25.3. The van der Waals surface area contributed by atoms with Gasteiger partial charge in [0.15, 0.2) is 0 Å². The molecule has 3 atom stereocenters. The van der Waals surface area contributed by atoms with Gasteiger partial charge in [0.1, 0.15) is 41.3 Å². The summed E-state index contributed by atoms with van der Waals surface area (Å²) < 4.78 is 77.2. The minimum atomic E-state index is -3.79. The Balaban J connectivity index is 1.06. The molecule has 1 amide bonds. The number of piperidine rings is 1. The number of likely N-dealkylation sites (N-methyl/N-ethyl adjacent to an activating group) is 1. The lowest BCUT2D eigenvalue weighted by molar-refractivity contribution is -0.0325. The average molecular weight is 670 g/mol. The minimum Gasteiger partial charge on any atom is -0.491 e. The smallest absolute Gasteiger partial charge is 0.407 e. The van der Waals surface area contributed by atoms with E-state index in [1.807, 2.05) is 18.9 Å². The van der Waals surface area contributed by atoms with Crippen LogP contribution < -0.4 is 24.4 Å². The summed E-state index contributed by atoms with van der Waals surface area (Å²) in [6.07, 6.45) is 0.256. The van der Waals surface area contributed by atoms with Gasteiger partial charge in [-0.15, -0.1) is 0 Å². The van der Waals surface area contributed by atoms with Gasteiger partial charge in [0, 0.05) is 32.6 Å². The Morgan fingerprint density at radius 3 is 2.69 bits per heavy atom. The second-order valence-corrected chi connectivity index (χ2v) is 15.3. The Morgan fingerprint density at radius 1 is 1.20 bits per heavy atom. The van der Waals surface area contributed by atoms with E-state index < -0.39 is 43.9 Å². The van der Waals surface area contributed by atoms with Crippen molar-refractivity contribution in [3.63, 3.8) is 0 Å². The number of hydrogen-bond donors (Lipinski definition) is 3. The van der Waals surface area contributed by atoms with Crippen LogP contribution in [0.4, 0.5) is 10.5 Å². The van der Waals surface area contributed by atoms with Crippen LogP contribution in [0.15, 0.2) is 46.3 Å². The maximum Gasteiger partial charge on any atom is 0.407 e. The van der Waals surface area contributed by atoms with Crippen LogP contribution in [0.25, 0.3) is 0 Å². The lowest BCUT2D eigenvalue weighted by Crippen LogP contribution is -2.46. The van der Waals surface area contributed by atoms with E-state index in [-0.39, 0.29) is 54.5 Å². The minimum absolute atomic E-state index is 0.0209. The Hall–Kier alpha value is -3.22. The number of hydrogen-bond acceptors (Lipinski definition) is 12. The summed E-state index contributed by atoms with van der Waals surface area (Å²) in [5.74, 6) is 0.659. The van der Waals surface area contributed by atoms with Crippen molar-refractivity contribution in [3.05, 3.63) is 36.5 Å². The van der Waals surface area contributed by atoms with E-state index in [1.54, 1.807) is 12.1 Å². The van der Waals surface area contributed by atoms with Crippen LogP contribution in [-0.4, -0.2) is 115 Å². The molecule has 3 aliphatic rings. The number of rotatable bonds is 10. The van der Waals surface area contributed by atoms with Gasteiger partial charge < -0.3 is 34.3 Å². The Kier molecular flexibility index (Phi) is 9.76. The highest BCUT2D eigenvalue weighted by Gasteiger charge is 2.46. The summed E-state index contributed by atoms with van der Waals surface area (Å²) in [7, 11) is -4.25. The number of fused-ring (bicyclic) bond motifs is 1. The first kappa shape index (κ1) is 33.2.